The van der Waals surface area contributed by atoms with Crippen LogP contribution in [0.15, 0.2) is 24.3 Å². The van der Waals surface area contributed by atoms with Crippen molar-refractivity contribution in [2.45, 2.75) is 24.4 Å². The van der Waals surface area contributed by atoms with Crippen LogP contribution in [-0.4, -0.2) is 11.7 Å². The molecule has 17 heavy (non-hydrogen) atoms. The molecule has 2 rings (SSSR count). The van der Waals surface area contributed by atoms with Crippen molar-refractivity contribution >= 4 is 17.4 Å². The Morgan fingerprint density at radius 2 is 1.88 bits per heavy atom. The van der Waals surface area contributed by atoms with Crippen LogP contribution in [-0.2, 0) is 16.4 Å². The minimum Gasteiger partial charge on any atom is -0.297 e. The molecule has 0 atom stereocenters. The first-order valence-corrected chi connectivity index (χ1v) is 5.71. The minimum atomic E-state index is -4.43. The summed E-state index contributed by atoms with van der Waals surface area (Å²) in [6, 6.07) is 5.23. The summed E-state index contributed by atoms with van der Waals surface area (Å²) in [4.78, 5) is 11.7. The number of Topliss-reactive ketones (excluding diaryl/α,β-unsaturated/α-hetero) is 1. The monoisotopic (exact) mass is 262 g/mol. The van der Waals surface area contributed by atoms with Crippen molar-refractivity contribution in [1.82, 2.24) is 0 Å². The zero-order valence-electron chi connectivity index (χ0n) is 8.85. The van der Waals surface area contributed by atoms with Gasteiger partial charge in [-0.05, 0) is 24.5 Å². The Hall–Kier alpha value is -1.03. The summed E-state index contributed by atoms with van der Waals surface area (Å²) >= 11 is 5.46. The van der Waals surface area contributed by atoms with Crippen molar-refractivity contribution in [3.05, 3.63) is 35.4 Å². The van der Waals surface area contributed by atoms with Crippen molar-refractivity contribution in [1.29, 1.82) is 0 Å². The van der Waals surface area contributed by atoms with E-state index in [0.29, 0.717) is 12.8 Å². The maximum atomic E-state index is 12.8. The first kappa shape index (κ1) is 12.4. The van der Waals surface area contributed by atoms with Gasteiger partial charge in [-0.25, -0.2) is 0 Å². The molecule has 5 heteroatoms. The number of ketones is 1. The molecule has 1 aliphatic rings. The van der Waals surface area contributed by atoms with Gasteiger partial charge in [0.05, 0.1) is 16.9 Å². The molecule has 0 unspecified atom stereocenters. The molecule has 0 amide bonds. The third kappa shape index (κ3) is 2.06. The lowest BCUT2D eigenvalue weighted by Gasteiger charge is -2.19. The minimum absolute atomic E-state index is 0.0677. The summed E-state index contributed by atoms with van der Waals surface area (Å²) in [6.45, 7) is 0. The van der Waals surface area contributed by atoms with Crippen molar-refractivity contribution in [2.75, 3.05) is 5.88 Å². The predicted molar refractivity (Wildman–Crippen MR) is 58.1 cm³/mol. The van der Waals surface area contributed by atoms with Gasteiger partial charge in [0.15, 0.2) is 5.78 Å². The molecule has 1 nitrogen and oxygen atoms in total. The Morgan fingerprint density at radius 3 is 2.35 bits per heavy atom. The van der Waals surface area contributed by atoms with Crippen molar-refractivity contribution in [3.63, 3.8) is 0 Å². The van der Waals surface area contributed by atoms with Crippen molar-refractivity contribution in [3.8, 4) is 0 Å². The molecular weight excluding hydrogens is 253 g/mol. The molecule has 0 heterocycles. The first-order valence-electron chi connectivity index (χ1n) is 5.18. The summed E-state index contributed by atoms with van der Waals surface area (Å²) in [5.41, 5.74) is -1.65. The zero-order chi connectivity index (χ0) is 12.7. The van der Waals surface area contributed by atoms with E-state index in [2.05, 4.69) is 0 Å². The van der Waals surface area contributed by atoms with Gasteiger partial charge < -0.3 is 0 Å². The third-order valence-electron chi connectivity index (χ3n) is 3.15. The van der Waals surface area contributed by atoms with Gasteiger partial charge in [-0.1, -0.05) is 18.2 Å². The van der Waals surface area contributed by atoms with E-state index in [9.17, 15) is 18.0 Å². The Bertz CT molecular complexity index is 449. The van der Waals surface area contributed by atoms with E-state index >= 15 is 0 Å². The number of hydrogen-bond donors (Lipinski definition) is 0. The molecule has 0 bridgehead atoms. The number of halogens is 4. The smallest absolute Gasteiger partial charge is 0.297 e. The van der Waals surface area contributed by atoms with Gasteiger partial charge >= 0.3 is 6.18 Å². The highest BCUT2D eigenvalue weighted by atomic mass is 35.5. The molecule has 1 aromatic carbocycles. The molecule has 0 aliphatic heterocycles. The van der Waals surface area contributed by atoms with Gasteiger partial charge in [-0.3, -0.25) is 4.79 Å². The Labute approximate surface area is 102 Å². The average Bonchev–Trinajstić information content (AvgIpc) is 3.08. The quantitative estimate of drug-likeness (QED) is 0.762. The van der Waals surface area contributed by atoms with Crippen LogP contribution in [0, 0.1) is 0 Å². The highest BCUT2D eigenvalue weighted by molar-refractivity contribution is 6.29. The zero-order valence-corrected chi connectivity index (χ0v) is 9.61. The van der Waals surface area contributed by atoms with E-state index < -0.39 is 17.2 Å². The van der Waals surface area contributed by atoms with Crippen molar-refractivity contribution < 1.29 is 18.0 Å². The Balaban J connectivity index is 2.50. The third-order valence-corrected chi connectivity index (χ3v) is 3.40. The van der Waals surface area contributed by atoms with Crippen LogP contribution in [0.3, 0.4) is 0 Å². The van der Waals surface area contributed by atoms with Crippen molar-refractivity contribution in [2.24, 2.45) is 0 Å². The Kier molecular flexibility index (Phi) is 2.94. The van der Waals surface area contributed by atoms with Gasteiger partial charge in [-0.15, -0.1) is 11.6 Å². The fraction of sp³-hybridized carbons (Fsp3) is 0.417. The van der Waals surface area contributed by atoms with E-state index in [4.69, 9.17) is 11.6 Å². The van der Waals surface area contributed by atoms with Crippen LogP contribution in [0.2, 0.25) is 0 Å². The van der Waals surface area contributed by atoms with Crippen LogP contribution in [0.1, 0.15) is 24.0 Å². The fourth-order valence-corrected chi connectivity index (χ4v) is 2.35. The van der Waals surface area contributed by atoms with Gasteiger partial charge in [0.1, 0.15) is 0 Å². The number of rotatable bonds is 3. The van der Waals surface area contributed by atoms with Gasteiger partial charge in [-0.2, -0.15) is 13.2 Å². The number of benzene rings is 1. The largest absolute Gasteiger partial charge is 0.416 e. The highest BCUT2D eigenvalue weighted by Crippen LogP contribution is 2.52. The molecule has 1 saturated carbocycles. The van der Waals surface area contributed by atoms with E-state index in [1.807, 2.05) is 0 Å². The molecule has 1 aromatic rings. The summed E-state index contributed by atoms with van der Waals surface area (Å²) in [7, 11) is 0. The lowest BCUT2D eigenvalue weighted by molar-refractivity contribution is -0.138. The van der Waals surface area contributed by atoms with E-state index in [-0.39, 0.29) is 17.2 Å². The van der Waals surface area contributed by atoms with Crippen LogP contribution in [0.25, 0.3) is 0 Å². The van der Waals surface area contributed by atoms with E-state index in [1.54, 1.807) is 0 Å². The van der Waals surface area contributed by atoms with Gasteiger partial charge in [0.25, 0.3) is 0 Å². The van der Waals surface area contributed by atoms with E-state index in [0.717, 1.165) is 6.07 Å². The SMILES string of the molecule is O=C(CCl)C1(c2ccccc2C(F)(F)F)CC1. The summed E-state index contributed by atoms with van der Waals surface area (Å²) in [5.74, 6) is -0.567. The number of carbonyl (C=O) groups excluding carboxylic acids is 1. The second kappa shape index (κ2) is 4.02. The molecule has 92 valence electrons. The van der Waals surface area contributed by atoms with Gasteiger partial charge in [0.2, 0.25) is 0 Å². The van der Waals surface area contributed by atoms with Crippen LogP contribution in [0.5, 0.6) is 0 Å². The molecule has 0 saturated heterocycles. The predicted octanol–water partition coefficient (Wildman–Crippen LogP) is 3.54. The standard InChI is InChI=1S/C12H10ClF3O/c13-7-10(17)11(5-6-11)8-3-1-2-4-9(8)12(14,15)16/h1-4H,5-7H2. The average molecular weight is 263 g/mol. The number of carbonyl (C=O) groups is 1. The van der Waals surface area contributed by atoms with E-state index in [1.165, 1.54) is 18.2 Å². The number of hydrogen-bond acceptors (Lipinski definition) is 1. The maximum Gasteiger partial charge on any atom is 0.416 e. The van der Waals surface area contributed by atoms with Crippen LogP contribution < -0.4 is 0 Å². The second-order valence-electron chi connectivity index (χ2n) is 4.18. The summed E-state index contributed by atoms with van der Waals surface area (Å²) in [6.07, 6.45) is -3.53. The fourth-order valence-electron chi connectivity index (χ4n) is 2.10. The topological polar surface area (TPSA) is 17.1 Å². The van der Waals surface area contributed by atoms with Crippen LogP contribution in [0.4, 0.5) is 13.2 Å². The molecule has 0 N–H and O–H groups in total. The molecule has 0 spiro atoms. The number of alkyl halides is 4. The molecular formula is C12H10ClF3O. The molecule has 0 aromatic heterocycles. The lowest BCUT2D eigenvalue weighted by atomic mass is 9.88. The normalized spacial score (nSPS) is 17.9. The molecule has 0 radical (unpaired) electrons. The molecule has 1 aliphatic carbocycles. The maximum absolute atomic E-state index is 12.8. The first-order chi connectivity index (χ1) is 7.92. The summed E-state index contributed by atoms with van der Waals surface area (Å²) < 4.78 is 38.5. The Morgan fingerprint density at radius 1 is 1.29 bits per heavy atom. The second-order valence-corrected chi connectivity index (χ2v) is 4.45. The van der Waals surface area contributed by atoms with Gasteiger partial charge in [0, 0.05) is 0 Å². The summed E-state index contributed by atoms with van der Waals surface area (Å²) in [5, 5.41) is 0. The van der Waals surface area contributed by atoms with Crippen LogP contribution >= 0.6 is 11.6 Å². The highest BCUT2D eigenvalue weighted by Gasteiger charge is 2.53. The molecule has 1 fully saturated rings. The lowest BCUT2D eigenvalue weighted by Crippen LogP contribution is -2.25.